The zero-order valence-corrected chi connectivity index (χ0v) is 16.8. The molecule has 1 aliphatic carbocycles. The number of amides is 2. The van der Waals surface area contributed by atoms with Crippen molar-refractivity contribution in [2.75, 3.05) is 5.32 Å². The Hall–Kier alpha value is -2.73. The van der Waals surface area contributed by atoms with Crippen LogP contribution in [-0.2, 0) is 0 Å². The van der Waals surface area contributed by atoms with Gasteiger partial charge in [0.25, 0.3) is 11.8 Å². The van der Waals surface area contributed by atoms with E-state index >= 15 is 0 Å². The van der Waals surface area contributed by atoms with Crippen LogP contribution in [0.5, 0.6) is 0 Å². The van der Waals surface area contributed by atoms with E-state index in [4.69, 9.17) is 12.2 Å². The summed E-state index contributed by atoms with van der Waals surface area (Å²) in [5.74, 6) is -0.341. The van der Waals surface area contributed by atoms with E-state index in [-0.39, 0.29) is 23.0 Å². The molecule has 2 aromatic rings. The van der Waals surface area contributed by atoms with Crippen molar-refractivity contribution < 1.29 is 9.59 Å². The van der Waals surface area contributed by atoms with Crippen molar-refractivity contribution in [2.24, 2.45) is 0 Å². The number of benzene rings is 2. The van der Waals surface area contributed by atoms with Gasteiger partial charge >= 0.3 is 0 Å². The molecule has 2 amide bonds. The van der Waals surface area contributed by atoms with Gasteiger partial charge in [0.05, 0.1) is 0 Å². The summed E-state index contributed by atoms with van der Waals surface area (Å²) in [5.41, 5.74) is 2.69. The first-order chi connectivity index (χ1) is 13.5. The minimum atomic E-state index is -0.262. The van der Waals surface area contributed by atoms with Crippen LogP contribution in [0, 0.1) is 6.92 Å². The minimum absolute atomic E-state index is 0.0783. The summed E-state index contributed by atoms with van der Waals surface area (Å²) in [6, 6.07) is 14.7. The first kappa shape index (κ1) is 20.0. The maximum absolute atomic E-state index is 12.5. The summed E-state index contributed by atoms with van der Waals surface area (Å²) in [4.78, 5) is 24.9. The highest BCUT2D eigenvalue weighted by Gasteiger charge is 2.17. The third kappa shape index (κ3) is 5.39. The molecule has 0 aromatic heterocycles. The lowest BCUT2D eigenvalue weighted by Gasteiger charge is -2.22. The molecule has 1 saturated carbocycles. The smallest absolute Gasteiger partial charge is 0.257 e. The number of thiocarbonyl (C=S) groups is 1. The van der Waals surface area contributed by atoms with E-state index in [1.54, 1.807) is 24.3 Å². The second-order valence-corrected chi connectivity index (χ2v) is 7.52. The van der Waals surface area contributed by atoms with E-state index in [9.17, 15) is 9.59 Å². The molecular formula is C22H25N3O2S. The Bertz CT molecular complexity index is 876. The molecule has 28 heavy (non-hydrogen) atoms. The monoisotopic (exact) mass is 395 g/mol. The van der Waals surface area contributed by atoms with Gasteiger partial charge in [0.1, 0.15) is 0 Å². The fraction of sp³-hybridized carbons (Fsp3) is 0.318. The molecule has 0 aliphatic heterocycles. The highest BCUT2D eigenvalue weighted by Crippen LogP contribution is 2.18. The molecule has 0 unspecified atom stereocenters. The minimum Gasteiger partial charge on any atom is -0.349 e. The predicted octanol–water partition coefficient (Wildman–Crippen LogP) is 4.18. The van der Waals surface area contributed by atoms with Crippen molar-refractivity contribution in [3.05, 3.63) is 65.2 Å². The number of hydrogen-bond acceptors (Lipinski definition) is 3. The first-order valence-corrected chi connectivity index (χ1v) is 10.0. The van der Waals surface area contributed by atoms with Gasteiger partial charge in [-0.3, -0.25) is 14.9 Å². The summed E-state index contributed by atoms with van der Waals surface area (Å²) < 4.78 is 0. The maximum atomic E-state index is 12.5. The van der Waals surface area contributed by atoms with Crippen LogP contribution in [0.2, 0.25) is 0 Å². The van der Waals surface area contributed by atoms with Crippen LogP contribution in [0.3, 0.4) is 0 Å². The average molecular weight is 396 g/mol. The molecule has 3 N–H and O–H groups in total. The molecule has 0 radical (unpaired) electrons. The van der Waals surface area contributed by atoms with Crippen molar-refractivity contribution in [2.45, 2.75) is 45.1 Å². The summed E-state index contributed by atoms with van der Waals surface area (Å²) >= 11 is 5.25. The molecule has 0 atom stereocenters. The Morgan fingerprint density at radius 3 is 2.46 bits per heavy atom. The van der Waals surface area contributed by atoms with Gasteiger partial charge in [0, 0.05) is 22.9 Å². The molecular weight excluding hydrogens is 370 g/mol. The lowest BCUT2D eigenvalue weighted by Crippen LogP contribution is -2.36. The maximum Gasteiger partial charge on any atom is 0.257 e. The topological polar surface area (TPSA) is 70.2 Å². The van der Waals surface area contributed by atoms with Crippen molar-refractivity contribution in [3.8, 4) is 0 Å². The van der Waals surface area contributed by atoms with Crippen LogP contribution in [0.25, 0.3) is 0 Å². The molecule has 0 heterocycles. The fourth-order valence-electron chi connectivity index (χ4n) is 3.41. The predicted molar refractivity (Wildman–Crippen MR) is 116 cm³/mol. The molecule has 146 valence electrons. The number of aryl methyl sites for hydroxylation is 1. The Morgan fingerprint density at radius 2 is 1.71 bits per heavy atom. The molecule has 0 spiro atoms. The second kappa shape index (κ2) is 9.46. The Balaban J connectivity index is 1.59. The molecule has 0 bridgehead atoms. The number of carbonyl (C=O) groups is 2. The van der Waals surface area contributed by atoms with Crippen molar-refractivity contribution >= 4 is 34.8 Å². The number of carbonyl (C=O) groups excluding carboxylic acids is 2. The van der Waals surface area contributed by atoms with E-state index in [2.05, 4.69) is 16.0 Å². The lowest BCUT2D eigenvalue weighted by atomic mass is 9.95. The van der Waals surface area contributed by atoms with E-state index in [1.165, 1.54) is 19.3 Å². The second-order valence-electron chi connectivity index (χ2n) is 7.11. The third-order valence-electron chi connectivity index (χ3n) is 4.94. The zero-order chi connectivity index (χ0) is 19.9. The number of nitrogens with one attached hydrogen (secondary N) is 3. The van der Waals surface area contributed by atoms with Gasteiger partial charge < -0.3 is 10.6 Å². The van der Waals surface area contributed by atoms with Gasteiger partial charge in [-0.25, -0.2) is 0 Å². The van der Waals surface area contributed by atoms with E-state index in [1.807, 2.05) is 31.2 Å². The number of rotatable bonds is 4. The van der Waals surface area contributed by atoms with Gasteiger partial charge in [-0.2, -0.15) is 0 Å². The van der Waals surface area contributed by atoms with Crippen molar-refractivity contribution in [1.82, 2.24) is 10.6 Å². The molecule has 3 rings (SSSR count). The quantitative estimate of drug-likeness (QED) is 0.679. The van der Waals surface area contributed by atoms with E-state index in [0.29, 0.717) is 16.8 Å². The van der Waals surface area contributed by atoms with Crippen molar-refractivity contribution in [1.29, 1.82) is 0 Å². The standard InChI is InChI=1S/C22H25N3O2S/c1-15-8-5-6-13-19(15)21(27)25-22(28)24-18-12-7-9-16(14-18)20(26)23-17-10-3-2-4-11-17/h5-9,12-14,17H,2-4,10-11H2,1H3,(H,23,26)(H2,24,25,27,28). The van der Waals surface area contributed by atoms with Gasteiger partial charge in [-0.05, 0) is 61.8 Å². The van der Waals surface area contributed by atoms with Crippen LogP contribution in [0.1, 0.15) is 58.4 Å². The first-order valence-electron chi connectivity index (χ1n) is 9.62. The van der Waals surface area contributed by atoms with Gasteiger partial charge in [0.15, 0.2) is 5.11 Å². The Kier molecular flexibility index (Phi) is 6.76. The van der Waals surface area contributed by atoms with Crippen LogP contribution in [-0.4, -0.2) is 23.0 Å². The lowest BCUT2D eigenvalue weighted by molar-refractivity contribution is 0.0926. The summed E-state index contributed by atoms with van der Waals surface area (Å²) in [6.45, 7) is 1.87. The summed E-state index contributed by atoms with van der Waals surface area (Å²) in [6.07, 6.45) is 5.66. The number of hydrogen-bond donors (Lipinski definition) is 3. The fourth-order valence-corrected chi connectivity index (χ4v) is 3.62. The zero-order valence-electron chi connectivity index (χ0n) is 16.0. The highest BCUT2D eigenvalue weighted by atomic mass is 32.1. The SMILES string of the molecule is Cc1ccccc1C(=O)NC(=S)Nc1cccc(C(=O)NC2CCCCC2)c1. The molecule has 6 heteroatoms. The third-order valence-corrected chi connectivity index (χ3v) is 5.14. The summed E-state index contributed by atoms with van der Waals surface area (Å²) in [5, 5.41) is 8.96. The molecule has 5 nitrogen and oxygen atoms in total. The molecule has 1 aliphatic rings. The van der Waals surface area contributed by atoms with Gasteiger partial charge in [-0.15, -0.1) is 0 Å². The van der Waals surface area contributed by atoms with Crippen molar-refractivity contribution in [3.63, 3.8) is 0 Å². The molecule has 2 aromatic carbocycles. The highest BCUT2D eigenvalue weighted by molar-refractivity contribution is 7.80. The Labute approximate surface area is 170 Å². The van der Waals surface area contributed by atoms with Crippen LogP contribution < -0.4 is 16.0 Å². The largest absolute Gasteiger partial charge is 0.349 e. The normalized spacial score (nSPS) is 14.2. The molecule has 1 fully saturated rings. The Morgan fingerprint density at radius 1 is 0.964 bits per heavy atom. The molecule has 0 saturated heterocycles. The average Bonchev–Trinajstić information content (AvgIpc) is 2.69. The van der Waals surface area contributed by atoms with E-state index in [0.717, 1.165) is 18.4 Å². The number of anilines is 1. The van der Waals surface area contributed by atoms with Crippen LogP contribution in [0.4, 0.5) is 5.69 Å². The van der Waals surface area contributed by atoms with Crippen LogP contribution >= 0.6 is 12.2 Å². The summed E-state index contributed by atoms with van der Waals surface area (Å²) in [7, 11) is 0. The van der Waals surface area contributed by atoms with Crippen LogP contribution in [0.15, 0.2) is 48.5 Å². The van der Waals surface area contributed by atoms with Gasteiger partial charge in [-0.1, -0.05) is 43.5 Å². The van der Waals surface area contributed by atoms with Gasteiger partial charge in [0.2, 0.25) is 0 Å². The van der Waals surface area contributed by atoms with E-state index < -0.39 is 0 Å².